The maximum atomic E-state index is 6.40. The van der Waals surface area contributed by atoms with E-state index >= 15 is 0 Å². The number of aromatic amines is 1. The van der Waals surface area contributed by atoms with Gasteiger partial charge in [-0.15, -0.1) is 0 Å². The van der Waals surface area contributed by atoms with Gasteiger partial charge in [-0.25, -0.2) is 0 Å². The zero-order valence-corrected chi connectivity index (χ0v) is 16.9. The molecule has 5 rings (SSSR count). The van der Waals surface area contributed by atoms with Crippen LogP contribution in [-0.4, -0.2) is 42.6 Å². The third-order valence-corrected chi connectivity index (χ3v) is 6.49. The number of hydrogen-bond acceptors (Lipinski definition) is 3. The molecule has 0 saturated carbocycles. The normalized spacial score (nSPS) is 15.7. The van der Waals surface area contributed by atoms with Crippen LogP contribution in [0.3, 0.4) is 0 Å². The van der Waals surface area contributed by atoms with Gasteiger partial charge in [-0.1, -0.05) is 29.3 Å². The van der Waals surface area contributed by atoms with Crippen LogP contribution in [0.2, 0.25) is 10.0 Å². The molecule has 0 aliphatic carbocycles. The van der Waals surface area contributed by atoms with E-state index in [1.54, 1.807) is 6.07 Å². The van der Waals surface area contributed by atoms with Crippen molar-refractivity contribution in [3.05, 3.63) is 64.5 Å². The van der Waals surface area contributed by atoms with Gasteiger partial charge in [0.1, 0.15) is 5.58 Å². The van der Waals surface area contributed by atoms with Crippen LogP contribution < -0.4 is 4.90 Å². The van der Waals surface area contributed by atoms with Gasteiger partial charge in [0.2, 0.25) is 0 Å². The molecular formula is C22H21Cl2N3O. The molecule has 28 heavy (non-hydrogen) atoms. The van der Waals surface area contributed by atoms with Crippen molar-refractivity contribution >= 4 is 50.8 Å². The van der Waals surface area contributed by atoms with E-state index in [9.17, 15) is 0 Å². The lowest BCUT2D eigenvalue weighted by atomic mass is 10.1. The number of H-pyrrole nitrogens is 1. The zero-order chi connectivity index (χ0) is 19.1. The Balaban J connectivity index is 1.25. The molecule has 1 saturated heterocycles. The molecule has 0 atom stereocenters. The number of benzene rings is 2. The first kappa shape index (κ1) is 17.9. The smallest absolute Gasteiger partial charge is 0.135 e. The standard InChI is InChI=1S/C22H21Cl2N3O/c23-17-4-5-20-21(22(17)24)15(14-28-20)7-9-26-10-12-27(13-11-26)19-3-1-2-18-16(19)6-8-25-18/h1-6,8,14,25H,7,9-13H2. The highest BCUT2D eigenvalue weighted by atomic mass is 35.5. The third kappa shape index (κ3) is 3.16. The van der Waals surface area contributed by atoms with Crippen LogP contribution >= 0.6 is 23.2 Å². The van der Waals surface area contributed by atoms with Gasteiger partial charge in [-0.2, -0.15) is 0 Å². The number of aromatic nitrogens is 1. The van der Waals surface area contributed by atoms with Crippen molar-refractivity contribution in [2.75, 3.05) is 37.6 Å². The second-order valence-corrected chi connectivity index (χ2v) is 8.08. The van der Waals surface area contributed by atoms with Gasteiger partial charge in [0.15, 0.2) is 0 Å². The van der Waals surface area contributed by atoms with Crippen molar-refractivity contribution in [3.63, 3.8) is 0 Å². The Kier molecular flexibility index (Phi) is 4.71. The maximum absolute atomic E-state index is 6.40. The summed E-state index contributed by atoms with van der Waals surface area (Å²) >= 11 is 12.6. The Morgan fingerprint density at radius 3 is 2.71 bits per heavy atom. The van der Waals surface area contributed by atoms with Crippen LogP contribution in [0.25, 0.3) is 21.9 Å². The molecule has 6 heteroatoms. The van der Waals surface area contributed by atoms with E-state index in [-0.39, 0.29) is 0 Å². The van der Waals surface area contributed by atoms with E-state index in [0.717, 1.165) is 55.7 Å². The predicted octanol–water partition coefficient (Wildman–Crippen LogP) is 5.59. The third-order valence-electron chi connectivity index (χ3n) is 5.69. The lowest BCUT2D eigenvalue weighted by molar-refractivity contribution is 0.261. The van der Waals surface area contributed by atoms with Crippen molar-refractivity contribution in [3.8, 4) is 0 Å². The van der Waals surface area contributed by atoms with Crippen LogP contribution in [0.5, 0.6) is 0 Å². The Bertz CT molecular complexity index is 1130. The first-order valence-electron chi connectivity index (χ1n) is 9.58. The maximum Gasteiger partial charge on any atom is 0.135 e. The number of furan rings is 1. The molecule has 0 bridgehead atoms. The largest absolute Gasteiger partial charge is 0.464 e. The number of hydrogen-bond donors (Lipinski definition) is 1. The second kappa shape index (κ2) is 7.36. The van der Waals surface area contributed by atoms with Gasteiger partial charge in [0.05, 0.1) is 16.3 Å². The van der Waals surface area contributed by atoms with Gasteiger partial charge in [0, 0.05) is 66.5 Å². The molecule has 3 heterocycles. The molecule has 1 aliphatic heterocycles. The molecule has 0 unspecified atom stereocenters. The molecule has 0 spiro atoms. The average molecular weight is 414 g/mol. The van der Waals surface area contributed by atoms with E-state index in [1.807, 2.05) is 18.5 Å². The number of fused-ring (bicyclic) bond motifs is 2. The number of nitrogens with one attached hydrogen (secondary N) is 1. The van der Waals surface area contributed by atoms with E-state index in [0.29, 0.717) is 10.0 Å². The highest BCUT2D eigenvalue weighted by Gasteiger charge is 2.20. The molecule has 0 radical (unpaired) electrons. The molecular weight excluding hydrogens is 393 g/mol. The fourth-order valence-electron chi connectivity index (χ4n) is 4.14. The van der Waals surface area contributed by atoms with Gasteiger partial charge >= 0.3 is 0 Å². The first-order valence-corrected chi connectivity index (χ1v) is 10.3. The van der Waals surface area contributed by atoms with Crippen LogP contribution in [-0.2, 0) is 6.42 Å². The molecule has 2 aromatic heterocycles. The lowest BCUT2D eigenvalue weighted by Crippen LogP contribution is -2.47. The summed E-state index contributed by atoms with van der Waals surface area (Å²) in [5, 5.41) is 3.41. The summed E-state index contributed by atoms with van der Waals surface area (Å²) in [7, 11) is 0. The number of anilines is 1. The van der Waals surface area contributed by atoms with Crippen LogP contribution in [0.15, 0.2) is 53.3 Å². The second-order valence-electron chi connectivity index (χ2n) is 7.29. The van der Waals surface area contributed by atoms with Crippen LogP contribution in [0, 0.1) is 0 Å². The quantitative estimate of drug-likeness (QED) is 0.473. The predicted molar refractivity (Wildman–Crippen MR) is 117 cm³/mol. The molecule has 4 nitrogen and oxygen atoms in total. The molecule has 144 valence electrons. The van der Waals surface area contributed by atoms with Gasteiger partial charge < -0.3 is 14.3 Å². The topological polar surface area (TPSA) is 35.4 Å². The summed E-state index contributed by atoms with van der Waals surface area (Å²) in [4.78, 5) is 8.29. The van der Waals surface area contributed by atoms with Crippen molar-refractivity contribution in [2.45, 2.75) is 6.42 Å². The average Bonchev–Trinajstić information content (AvgIpc) is 3.36. The minimum atomic E-state index is 0.573. The van der Waals surface area contributed by atoms with E-state index in [4.69, 9.17) is 27.6 Å². The van der Waals surface area contributed by atoms with Crippen molar-refractivity contribution in [1.82, 2.24) is 9.88 Å². The van der Waals surface area contributed by atoms with Crippen molar-refractivity contribution < 1.29 is 4.42 Å². The molecule has 1 N–H and O–H groups in total. The fraction of sp³-hybridized carbons (Fsp3) is 0.273. The SMILES string of the molecule is Clc1ccc2occ(CCN3CCN(c4cccc5[nH]ccc45)CC3)c2c1Cl. The van der Waals surface area contributed by atoms with Gasteiger partial charge in [-0.3, -0.25) is 4.90 Å². The number of nitrogens with zero attached hydrogens (tertiary/aromatic N) is 2. The lowest BCUT2D eigenvalue weighted by Gasteiger charge is -2.36. The van der Waals surface area contributed by atoms with Gasteiger partial charge in [-0.05, 0) is 36.8 Å². The molecule has 1 aliphatic rings. The van der Waals surface area contributed by atoms with Crippen LogP contribution in [0.1, 0.15) is 5.56 Å². The summed E-state index contributed by atoms with van der Waals surface area (Å²) in [5.74, 6) is 0. The van der Waals surface area contributed by atoms with E-state index in [1.165, 1.54) is 16.6 Å². The Morgan fingerprint density at radius 2 is 1.86 bits per heavy atom. The summed E-state index contributed by atoms with van der Waals surface area (Å²) in [5.41, 5.74) is 4.44. The summed E-state index contributed by atoms with van der Waals surface area (Å²) in [6, 6.07) is 12.3. The Hall–Kier alpha value is -2.14. The molecule has 2 aromatic carbocycles. The molecule has 0 amide bonds. The minimum Gasteiger partial charge on any atom is -0.464 e. The molecule has 1 fully saturated rings. The summed E-state index contributed by atoms with van der Waals surface area (Å²) in [6.07, 6.45) is 4.73. The number of piperazine rings is 1. The van der Waals surface area contributed by atoms with Crippen molar-refractivity contribution in [2.24, 2.45) is 0 Å². The Labute approximate surface area is 173 Å². The summed E-state index contributed by atoms with van der Waals surface area (Å²) < 4.78 is 5.66. The van der Waals surface area contributed by atoms with Crippen molar-refractivity contribution in [1.29, 1.82) is 0 Å². The minimum absolute atomic E-state index is 0.573. The first-order chi connectivity index (χ1) is 13.7. The highest BCUT2D eigenvalue weighted by Crippen LogP contribution is 2.34. The Morgan fingerprint density at radius 1 is 1.00 bits per heavy atom. The van der Waals surface area contributed by atoms with Crippen LogP contribution in [0.4, 0.5) is 5.69 Å². The molecule has 4 aromatic rings. The van der Waals surface area contributed by atoms with E-state index in [2.05, 4.69) is 39.0 Å². The number of halogens is 2. The fourth-order valence-corrected chi connectivity index (χ4v) is 4.58. The van der Waals surface area contributed by atoms with Gasteiger partial charge in [0.25, 0.3) is 0 Å². The van der Waals surface area contributed by atoms with E-state index < -0.39 is 0 Å². The highest BCUT2D eigenvalue weighted by molar-refractivity contribution is 6.45. The zero-order valence-electron chi connectivity index (χ0n) is 15.4. The summed E-state index contributed by atoms with van der Waals surface area (Å²) in [6.45, 7) is 5.14. The monoisotopic (exact) mass is 413 g/mol. The number of rotatable bonds is 4.